The van der Waals surface area contributed by atoms with Crippen LogP contribution in [0.3, 0.4) is 0 Å². The van der Waals surface area contributed by atoms with Gasteiger partial charge in [0.1, 0.15) is 0 Å². The molecule has 0 radical (unpaired) electrons. The fourth-order valence-electron chi connectivity index (χ4n) is 2.26. The van der Waals surface area contributed by atoms with Crippen LogP contribution in [0.5, 0.6) is 0 Å². The number of hydrogen-bond donors (Lipinski definition) is 3. The standard InChI is InChI=1S/C15H14F3N5O/c1-8(7-24)22-14-19-4-9(5-20-14)11-2-10(15(16,17)18)3-13-12(11)6-21-23-13/h2-6,8,24H,7H2,1H3,(H,21,23)(H,19,20,22)/t8-/m1/s1. The van der Waals surface area contributed by atoms with E-state index in [4.69, 9.17) is 5.11 Å². The highest BCUT2D eigenvalue weighted by Crippen LogP contribution is 2.36. The summed E-state index contributed by atoms with van der Waals surface area (Å²) in [6.07, 6.45) is -0.138. The van der Waals surface area contributed by atoms with Gasteiger partial charge in [0.15, 0.2) is 0 Å². The molecule has 0 unspecified atom stereocenters. The number of halogens is 3. The van der Waals surface area contributed by atoms with Gasteiger partial charge in [-0.1, -0.05) is 0 Å². The summed E-state index contributed by atoms with van der Waals surface area (Å²) in [5, 5.41) is 18.8. The number of nitrogens with zero attached hydrogens (tertiary/aromatic N) is 3. The number of nitrogens with one attached hydrogen (secondary N) is 2. The first kappa shape index (κ1) is 16.2. The number of hydrogen-bond acceptors (Lipinski definition) is 5. The van der Waals surface area contributed by atoms with Crippen molar-refractivity contribution in [1.82, 2.24) is 20.2 Å². The fraction of sp³-hybridized carbons (Fsp3) is 0.267. The number of H-pyrrole nitrogens is 1. The maximum absolute atomic E-state index is 13.1. The molecule has 126 valence electrons. The molecule has 0 saturated heterocycles. The van der Waals surface area contributed by atoms with E-state index in [0.717, 1.165) is 12.1 Å². The minimum Gasteiger partial charge on any atom is -0.394 e. The van der Waals surface area contributed by atoms with Crippen molar-refractivity contribution in [3.05, 3.63) is 36.3 Å². The van der Waals surface area contributed by atoms with Crippen LogP contribution in [0.1, 0.15) is 12.5 Å². The first-order valence-corrected chi connectivity index (χ1v) is 7.12. The zero-order valence-corrected chi connectivity index (χ0v) is 12.6. The third-order valence-corrected chi connectivity index (χ3v) is 3.50. The molecule has 24 heavy (non-hydrogen) atoms. The number of benzene rings is 1. The first-order valence-electron chi connectivity index (χ1n) is 7.12. The molecule has 2 aromatic heterocycles. The van der Waals surface area contributed by atoms with Gasteiger partial charge in [-0.25, -0.2) is 9.97 Å². The lowest BCUT2D eigenvalue weighted by Crippen LogP contribution is -2.20. The lowest BCUT2D eigenvalue weighted by Gasteiger charge is -2.12. The molecule has 0 bridgehead atoms. The zero-order valence-electron chi connectivity index (χ0n) is 12.6. The molecule has 6 nitrogen and oxygen atoms in total. The van der Waals surface area contributed by atoms with Gasteiger partial charge in [-0.2, -0.15) is 18.3 Å². The molecule has 3 N–H and O–H groups in total. The molecule has 0 aliphatic heterocycles. The predicted octanol–water partition coefficient (Wildman–Crippen LogP) is 2.83. The molecule has 1 atom stereocenters. The summed E-state index contributed by atoms with van der Waals surface area (Å²) in [7, 11) is 0. The van der Waals surface area contributed by atoms with E-state index in [1.807, 2.05) is 0 Å². The molecule has 9 heteroatoms. The van der Waals surface area contributed by atoms with Crippen molar-refractivity contribution in [2.45, 2.75) is 19.1 Å². The van der Waals surface area contributed by atoms with E-state index in [2.05, 4.69) is 25.5 Å². The highest BCUT2D eigenvalue weighted by Gasteiger charge is 2.31. The Balaban J connectivity index is 2.03. The maximum atomic E-state index is 13.1. The molecule has 0 saturated carbocycles. The predicted molar refractivity (Wildman–Crippen MR) is 82.3 cm³/mol. The van der Waals surface area contributed by atoms with Gasteiger partial charge in [-0.05, 0) is 24.6 Å². The molecular formula is C15H14F3N5O. The Morgan fingerprint density at radius 1 is 1.21 bits per heavy atom. The Morgan fingerprint density at radius 3 is 2.54 bits per heavy atom. The Morgan fingerprint density at radius 2 is 1.92 bits per heavy atom. The van der Waals surface area contributed by atoms with Crippen molar-refractivity contribution < 1.29 is 18.3 Å². The maximum Gasteiger partial charge on any atom is 0.416 e. The highest BCUT2D eigenvalue weighted by molar-refractivity contribution is 5.94. The molecule has 0 fully saturated rings. The molecule has 0 aliphatic carbocycles. The summed E-state index contributed by atoms with van der Waals surface area (Å²) in [5.41, 5.74) is 0.298. The number of aliphatic hydroxyl groups excluding tert-OH is 1. The highest BCUT2D eigenvalue weighted by atomic mass is 19.4. The summed E-state index contributed by atoms with van der Waals surface area (Å²) in [6, 6.07) is 1.84. The van der Waals surface area contributed by atoms with E-state index >= 15 is 0 Å². The Kier molecular flexibility index (Phi) is 4.10. The summed E-state index contributed by atoms with van der Waals surface area (Å²) in [6.45, 7) is 1.66. The van der Waals surface area contributed by atoms with Gasteiger partial charge in [0, 0.05) is 29.4 Å². The lowest BCUT2D eigenvalue weighted by atomic mass is 10.0. The quantitative estimate of drug-likeness (QED) is 0.681. The van der Waals surface area contributed by atoms with Crippen LogP contribution in [0, 0.1) is 0 Å². The van der Waals surface area contributed by atoms with Gasteiger partial charge >= 0.3 is 6.18 Å². The largest absolute Gasteiger partial charge is 0.416 e. The molecule has 3 aromatic rings. The van der Waals surface area contributed by atoms with Crippen molar-refractivity contribution in [3.63, 3.8) is 0 Å². The van der Waals surface area contributed by atoms with Crippen molar-refractivity contribution in [2.24, 2.45) is 0 Å². The molecular weight excluding hydrogens is 323 g/mol. The van der Waals surface area contributed by atoms with Crippen LogP contribution >= 0.6 is 0 Å². The lowest BCUT2D eigenvalue weighted by molar-refractivity contribution is -0.137. The molecule has 0 aliphatic rings. The van der Waals surface area contributed by atoms with Crippen molar-refractivity contribution >= 4 is 16.9 Å². The van der Waals surface area contributed by atoms with Crippen LogP contribution in [-0.2, 0) is 6.18 Å². The second-order valence-electron chi connectivity index (χ2n) is 5.38. The van der Waals surface area contributed by atoms with E-state index in [-0.39, 0.29) is 24.1 Å². The number of alkyl halides is 3. The second-order valence-corrected chi connectivity index (χ2v) is 5.38. The van der Waals surface area contributed by atoms with Gasteiger partial charge in [-0.3, -0.25) is 5.10 Å². The van der Waals surface area contributed by atoms with Crippen LogP contribution in [-0.4, -0.2) is 37.9 Å². The number of aliphatic hydroxyl groups is 1. The monoisotopic (exact) mass is 337 g/mol. The van der Waals surface area contributed by atoms with Gasteiger partial charge < -0.3 is 10.4 Å². The van der Waals surface area contributed by atoms with E-state index in [0.29, 0.717) is 16.5 Å². The van der Waals surface area contributed by atoms with E-state index in [9.17, 15) is 13.2 Å². The third-order valence-electron chi connectivity index (χ3n) is 3.50. The van der Waals surface area contributed by atoms with Crippen LogP contribution in [0.15, 0.2) is 30.7 Å². The van der Waals surface area contributed by atoms with Crippen molar-refractivity contribution in [2.75, 3.05) is 11.9 Å². The van der Waals surface area contributed by atoms with Gasteiger partial charge in [0.05, 0.1) is 23.9 Å². The van der Waals surface area contributed by atoms with E-state index in [1.165, 1.54) is 18.6 Å². The smallest absolute Gasteiger partial charge is 0.394 e. The Bertz CT molecular complexity index is 844. The minimum atomic E-state index is -4.47. The molecule has 0 spiro atoms. The van der Waals surface area contributed by atoms with Crippen LogP contribution in [0.25, 0.3) is 22.0 Å². The average Bonchev–Trinajstić information content (AvgIpc) is 3.02. The number of aromatic nitrogens is 4. The molecule has 2 heterocycles. The number of fused-ring (bicyclic) bond motifs is 1. The van der Waals surface area contributed by atoms with Gasteiger partial charge in [-0.15, -0.1) is 0 Å². The second kappa shape index (κ2) is 6.08. The third kappa shape index (κ3) is 3.16. The number of rotatable bonds is 4. The molecule has 0 amide bonds. The van der Waals surface area contributed by atoms with Crippen molar-refractivity contribution in [1.29, 1.82) is 0 Å². The summed E-state index contributed by atoms with van der Waals surface area (Å²) in [5.74, 6) is 0.288. The van der Waals surface area contributed by atoms with Crippen LogP contribution in [0.2, 0.25) is 0 Å². The van der Waals surface area contributed by atoms with Crippen molar-refractivity contribution in [3.8, 4) is 11.1 Å². The summed E-state index contributed by atoms with van der Waals surface area (Å²) < 4.78 is 39.2. The average molecular weight is 337 g/mol. The summed E-state index contributed by atoms with van der Waals surface area (Å²) >= 11 is 0. The molecule has 1 aromatic carbocycles. The zero-order chi connectivity index (χ0) is 17.3. The van der Waals surface area contributed by atoms with Gasteiger partial charge in [0.25, 0.3) is 0 Å². The SMILES string of the molecule is C[C@H](CO)Nc1ncc(-c2cc(C(F)(F)F)cc3[nH]ncc23)cn1. The Labute approximate surface area is 134 Å². The fourth-order valence-corrected chi connectivity index (χ4v) is 2.26. The molecule has 3 rings (SSSR count). The minimum absolute atomic E-state index is 0.0889. The number of anilines is 1. The summed E-state index contributed by atoms with van der Waals surface area (Å²) in [4.78, 5) is 8.16. The topological polar surface area (TPSA) is 86.7 Å². The van der Waals surface area contributed by atoms with Crippen LogP contribution < -0.4 is 5.32 Å². The number of aromatic amines is 1. The van der Waals surface area contributed by atoms with E-state index < -0.39 is 11.7 Å². The Hall–Kier alpha value is -2.68. The van der Waals surface area contributed by atoms with E-state index in [1.54, 1.807) is 6.92 Å². The van der Waals surface area contributed by atoms with Crippen LogP contribution in [0.4, 0.5) is 19.1 Å². The first-order chi connectivity index (χ1) is 11.4. The normalized spacial score (nSPS) is 13.2. The van der Waals surface area contributed by atoms with Gasteiger partial charge in [0.2, 0.25) is 5.95 Å².